The van der Waals surface area contributed by atoms with Gasteiger partial charge in [0.05, 0.1) is 16.5 Å². The Hall–Kier alpha value is -1.49. The summed E-state index contributed by atoms with van der Waals surface area (Å²) in [5.74, 6) is 0.823. The summed E-state index contributed by atoms with van der Waals surface area (Å²) in [5, 5.41) is 3.96. The quantitative estimate of drug-likeness (QED) is 0.518. The van der Waals surface area contributed by atoms with Crippen molar-refractivity contribution in [2.45, 2.75) is 10.6 Å². The molecule has 0 unspecified atom stereocenters. The van der Waals surface area contributed by atoms with E-state index >= 15 is 0 Å². The molecule has 0 amide bonds. The highest BCUT2D eigenvalue weighted by molar-refractivity contribution is 7.98. The van der Waals surface area contributed by atoms with Gasteiger partial charge in [-0.25, -0.2) is 4.98 Å². The summed E-state index contributed by atoms with van der Waals surface area (Å²) >= 11 is 9.53. The molecule has 1 aromatic heterocycles. The van der Waals surface area contributed by atoms with Gasteiger partial charge in [-0.05, 0) is 24.3 Å². The summed E-state index contributed by atoms with van der Waals surface area (Å²) in [4.78, 5) is 5.76. The fourth-order valence-electron chi connectivity index (χ4n) is 1.86. The number of nitrogen functional groups attached to an aromatic ring is 1. The van der Waals surface area contributed by atoms with Gasteiger partial charge in [0.25, 0.3) is 0 Å². The zero-order chi connectivity index (χ0) is 14.7. The highest BCUT2D eigenvalue weighted by Gasteiger charge is 2.06. The average molecular weight is 333 g/mol. The molecule has 0 saturated heterocycles. The molecule has 0 fully saturated rings. The Bertz CT molecular complexity index is 738. The number of aromatic nitrogens is 1. The molecule has 2 N–H and O–H groups in total. The summed E-state index contributed by atoms with van der Waals surface area (Å²) in [6.07, 6.45) is 0. The number of hydrogen-bond acceptors (Lipinski definition) is 4. The smallest absolute Gasteiger partial charge is 0.104 e. The van der Waals surface area contributed by atoms with Gasteiger partial charge < -0.3 is 5.73 Å². The maximum Gasteiger partial charge on any atom is 0.104 e. The molecule has 0 spiro atoms. The standard InChI is InChI=1S/C16H13ClN2S2/c17-13-3-1-2-4-15(13)20-10-16-19-14(9-21-16)11-5-7-12(18)8-6-11/h1-9H,10,18H2. The number of hydrogen-bond donors (Lipinski definition) is 1. The monoisotopic (exact) mass is 332 g/mol. The molecular weight excluding hydrogens is 320 g/mol. The van der Waals surface area contributed by atoms with Crippen molar-refractivity contribution in [3.8, 4) is 11.3 Å². The molecule has 2 nitrogen and oxygen atoms in total. The molecule has 0 aliphatic carbocycles. The van der Waals surface area contributed by atoms with E-state index in [-0.39, 0.29) is 0 Å². The van der Waals surface area contributed by atoms with Gasteiger partial charge in [-0.1, -0.05) is 35.9 Å². The molecule has 3 aromatic rings. The van der Waals surface area contributed by atoms with Crippen LogP contribution in [0.3, 0.4) is 0 Å². The van der Waals surface area contributed by atoms with Crippen molar-refractivity contribution in [3.05, 3.63) is 63.9 Å². The van der Waals surface area contributed by atoms with Crippen LogP contribution >= 0.6 is 34.7 Å². The maximum atomic E-state index is 6.16. The van der Waals surface area contributed by atoms with Gasteiger partial charge >= 0.3 is 0 Å². The molecule has 0 aliphatic heterocycles. The second-order valence-electron chi connectivity index (χ2n) is 4.47. The minimum atomic E-state index is 0.767. The zero-order valence-electron chi connectivity index (χ0n) is 11.1. The number of halogens is 1. The summed E-state index contributed by atoms with van der Waals surface area (Å²) in [6.45, 7) is 0. The molecule has 1 heterocycles. The first-order chi connectivity index (χ1) is 10.2. The molecule has 0 bridgehead atoms. The number of thioether (sulfide) groups is 1. The third kappa shape index (κ3) is 3.59. The van der Waals surface area contributed by atoms with Crippen molar-refractivity contribution < 1.29 is 0 Å². The van der Waals surface area contributed by atoms with Gasteiger partial charge in [-0.3, -0.25) is 0 Å². The third-order valence-corrected chi connectivity index (χ3v) is 5.50. The largest absolute Gasteiger partial charge is 0.399 e. The highest BCUT2D eigenvalue weighted by Crippen LogP contribution is 2.31. The van der Waals surface area contributed by atoms with Crippen LogP contribution in [0.2, 0.25) is 5.02 Å². The number of benzene rings is 2. The highest BCUT2D eigenvalue weighted by atomic mass is 35.5. The molecule has 0 saturated carbocycles. The molecule has 0 aliphatic rings. The second-order valence-corrected chi connectivity index (χ2v) is 6.83. The number of nitrogens with two attached hydrogens (primary N) is 1. The average Bonchev–Trinajstić information content (AvgIpc) is 2.96. The van der Waals surface area contributed by atoms with Crippen molar-refractivity contribution in [1.82, 2.24) is 4.98 Å². The molecule has 3 rings (SSSR count). The maximum absolute atomic E-state index is 6.16. The van der Waals surface area contributed by atoms with Gasteiger partial charge in [0.15, 0.2) is 0 Å². The van der Waals surface area contributed by atoms with Crippen LogP contribution in [0.5, 0.6) is 0 Å². The van der Waals surface area contributed by atoms with Gasteiger partial charge in [0.1, 0.15) is 5.01 Å². The first kappa shape index (κ1) is 14.4. The SMILES string of the molecule is Nc1ccc(-c2csc(CSc3ccccc3Cl)n2)cc1. The van der Waals surface area contributed by atoms with Crippen molar-refractivity contribution in [2.75, 3.05) is 5.73 Å². The van der Waals surface area contributed by atoms with E-state index in [4.69, 9.17) is 17.3 Å². The van der Waals surface area contributed by atoms with Crippen LogP contribution < -0.4 is 5.73 Å². The first-order valence-corrected chi connectivity index (χ1v) is 8.64. The third-order valence-electron chi connectivity index (χ3n) is 2.95. The predicted octanol–water partition coefficient (Wildman–Crippen LogP) is 5.34. The second kappa shape index (κ2) is 6.52. The predicted molar refractivity (Wildman–Crippen MR) is 93.0 cm³/mol. The van der Waals surface area contributed by atoms with Crippen molar-refractivity contribution in [3.63, 3.8) is 0 Å². The Morgan fingerprint density at radius 2 is 1.86 bits per heavy atom. The van der Waals surface area contributed by atoms with Gasteiger partial charge in [0.2, 0.25) is 0 Å². The zero-order valence-corrected chi connectivity index (χ0v) is 13.5. The van der Waals surface area contributed by atoms with E-state index in [0.717, 1.165) is 37.6 Å². The van der Waals surface area contributed by atoms with E-state index in [9.17, 15) is 0 Å². The molecule has 2 aromatic carbocycles. The van der Waals surface area contributed by atoms with Crippen molar-refractivity contribution >= 4 is 40.4 Å². The summed E-state index contributed by atoms with van der Waals surface area (Å²) in [7, 11) is 0. The minimum Gasteiger partial charge on any atom is -0.399 e. The number of thiazole rings is 1. The molecule has 106 valence electrons. The van der Waals surface area contributed by atoms with Gasteiger partial charge in [0, 0.05) is 21.5 Å². The van der Waals surface area contributed by atoms with E-state index in [1.165, 1.54) is 0 Å². The fraction of sp³-hybridized carbons (Fsp3) is 0.0625. The summed E-state index contributed by atoms with van der Waals surface area (Å²) in [5.41, 5.74) is 8.56. The fourth-order valence-corrected chi connectivity index (χ4v) is 3.93. The topological polar surface area (TPSA) is 38.9 Å². The van der Waals surface area contributed by atoms with E-state index in [1.807, 2.05) is 48.5 Å². The number of anilines is 1. The van der Waals surface area contributed by atoms with E-state index in [2.05, 4.69) is 10.4 Å². The van der Waals surface area contributed by atoms with Crippen LogP contribution in [0, 0.1) is 0 Å². The van der Waals surface area contributed by atoms with Crippen LogP contribution in [-0.2, 0) is 5.75 Å². The van der Waals surface area contributed by atoms with E-state index in [1.54, 1.807) is 23.1 Å². The molecule has 0 radical (unpaired) electrons. The minimum absolute atomic E-state index is 0.767. The Labute approximate surface area is 137 Å². The lowest BCUT2D eigenvalue weighted by Crippen LogP contribution is -1.85. The van der Waals surface area contributed by atoms with Crippen molar-refractivity contribution in [2.24, 2.45) is 0 Å². The van der Waals surface area contributed by atoms with Crippen LogP contribution in [0.25, 0.3) is 11.3 Å². The van der Waals surface area contributed by atoms with E-state index < -0.39 is 0 Å². The lowest BCUT2D eigenvalue weighted by Gasteiger charge is -2.01. The molecule has 5 heteroatoms. The summed E-state index contributed by atoms with van der Waals surface area (Å²) < 4.78 is 0. The Morgan fingerprint density at radius 1 is 1.10 bits per heavy atom. The Kier molecular flexibility index (Phi) is 4.48. The van der Waals surface area contributed by atoms with Crippen LogP contribution in [0.4, 0.5) is 5.69 Å². The lowest BCUT2D eigenvalue weighted by molar-refractivity contribution is 1.26. The molecule has 0 atom stereocenters. The number of rotatable bonds is 4. The van der Waals surface area contributed by atoms with Crippen LogP contribution in [0.1, 0.15) is 5.01 Å². The van der Waals surface area contributed by atoms with Crippen LogP contribution in [0.15, 0.2) is 58.8 Å². The van der Waals surface area contributed by atoms with Crippen LogP contribution in [-0.4, -0.2) is 4.98 Å². The normalized spacial score (nSPS) is 10.7. The lowest BCUT2D eigenvalue weighted by atomic mass is 10.1. The van der Waals surface area contributed by atoms with Gasteiger partial charge in [-0.2, -0.15) is 0 Å². The van der Waals surface area contributed by atoms with Gasteiger partial charge in [-0.15, -0.1) is 23.1 Å². The van der Waals surface area contributed by atoms with Crippen molar-refractivity contribution in [1.29, 1.82) is 0 Å². The first-order valence-electron chi connectivity index (χ1n) is 6.40. The number of nitrogens with zero attached hydrogens (tertiary/aromatic N) is 1. The molecule has 21 heavy (non-hydrogen) atoms. The Balaban J connectivity index is 1.71. The van der Waals surface area contributed by atoms with E-state index in [0.29, 0.717) is 0 Å². The Morgan fingerprint density at radius 3 is 2.62 bits per heavy atom. The molecular formula is C16H13ClN2S2. The summed E-state index contributed by atoms with van der Waals surface area (Å²) in [6, 6.07) is 15.7.